The molecular weight excluding hydrogens is 500 g/mol. The number of benzene rings is 3. The summed E-state index contributed by atoms with van der Waals surface area (Å²) in [6.07, 6.45) is 5.97. The maximum Gasteiger partial charge on any atom is 0.336 e. The first-order valence-corrected chi connectivity index (χ1v) is 12.6. The van der Waals surface area contributed by atoms with Crippen molar-refractivity contribution in [2.75, 3.05) is 18.1 Å². The van der Waals surface area contributed by atoms with Crippen LogP contribution in [0.2, 0.25) is 0 Å². The fourth-order valence-electron chi connectivity index (χ4n) is 3.70. The quantitative estimate of drug-likeness (QED) is 0.0878. The topological polar surface area (TPSA) is 151 Å². The highest BCUT2D eigenvalue weighted by molar-refractivity contribution is 5.92. The van der Waals surface area contributed by atoms with Crippen LogP contribution in [0.1, 0.15) is 54.1 Å². The minimum atomic E-state index is -1.07. The lowest BCUT2D eigenvalue weighted by atomic mass is 10.00. The largest absolute Gasteiger partial charge is 0.494 e. The van der Waals surface area contributed by atoms with Gasteiger partial charge in [0, 0.05) is 23.9 Å². The molecule has 0 saturated carbocycles. The molecule has 0 spiro atoms. The summed E-state index contributed by atoms with van der Waals surface area (Å²) in [6, 6.07) is 16.3. The monoisotopic (exact) mass is 532 g/mol. The molecule has 0 aliphatic heterocycles. The zero-order valence-corrected chi connectivity index (χ0v) is 21.7. The molecular formula is C30H32N2O7. The van der Waals surface area contributed by atoms with Gasteiger partial charge >= 0.3 is 17.9 Å². The Morgan fingerprint density at radius 2 is 1.51 bits per heavy atom. The Hall–Kier alpha value is -4.79. The maximum atomic E-state index is 12.2. The van der Waals surface area contributed by atoms with Gasteiger partial charge in [-0.1, -0.05) is 25.5 Å². The van der Waals surface area contributed by atoms with Gasteiger partial charge in [-0.25, -0.2) is 9.59 Å². The highest BCUT2D eigenvalue weighted by Gasteiger charge is 2.14. The standard InChI is InChI=1S/C30H32N2O7/c1-2-3-6-28(33)38-23-12-14-24(15-13-23)39-29(34)16-9-20-7-10-22(11-8-20)37-17-4-5-25-26(30(35)36)18-21(31)19-27(25)32/h7-16,18-19H,2-6,17,31-32H2,1H3,(H,35,36)/b16-9+. The van der Waals surface area contributed by atoms with E-state index in [0.29, 0.717) is 60.1 Å². The second kappa shape index (κ2) is 14.2. The van der Waals surface area contributed by atoms with Crippen molar-refractivity contribution in [2.24, 2.45) is 0 Å². The van der Waals surface area contributed by atoms with Gasteiger partial charge in [-0.2, -0.15) is 0 Å². The highest BCUT2D eigenvalue weighted by atomic mass is 16.5. The average molecular weight is 533 g/mol. The van der Waals surface area contributed by atoms with E-state index in [1.165, 1.54) is 12.1 Å². The number of hydrogen-bond acceptors (Lipinski definition) is 8. The van der Waals surface area contributed by atoms with Crippen molar-refractivity contribution in [3.63, 3.8) is 0 Å². The molecule has 0 bridgehead atoms. The molecule has 204 valence electrons. The van der Waals surface area contributed by atoms with Crippen molar-refractivity contribution in [1.29, 1.82) is 0 Å². The number of anilines is 2. The van der Waals surface area contributed by atoms with Crippen molar-refractivity contribution < 1.29 is 33.7 Å². The first-order chi connectivity index (χ1) is 18.7. The van der Waals surface area contributed by atoms with Crippen LogP contribution < -0.4 is 25.7 Å². The Morgan fingerprint density at radius 3 is 2.15 bits per heavy atom. The molecule has 39 heavy (non-hydrogen) atoms. The smallest absolute Gasteiger partial charge is 0.336 e. The Balaban J connectivity index is 1.44. The third-order valence-corrected chi connectivity index (χ3v) is 5.68. The van der Waals surface area contributed by atoms with Gasteiger partial charge in [-0.05, 0) is 85.0 Å². The van der Waals surface area contributed by atoms with Crippen LogP contribution in [-0.2, 0) is 16.0 Å². The van der Waals surface area contributed by atoms with Crippen molar-refractivity contribution in [1.82, 2.24) is 0 Å². The van der Waals surface area contributed by atoms with Crippen LogP contribution in [-0.4, -0.2) is 29.6 Å². The van der Waals surface area contributed by atoms with Crippen molar-refractivity contribution >= 4 is 35.4 Å². The molecule has 3 aromatic rings. The van der Waals surface area contributed by atoms with E-state index < -0.39 is 11.9 Å². The molecule has 9 heteroatoms. The van der Waals surface area contributed by atoms with Gasteiger partial charge < -0.3 is 30.8 Å². The summed E-state index contributed by atoms with van der Waals surface area (Å²) < 4.78 is 16.3. The number of carbonyl (C=O) groups excluding carboxylic acids is 2. The van der Waals surface area contributed by atoms with Crippen LogP contribution in [0.5, 0.6) is 17.2 Å². The minimum Gasteiger partial charge on any atom is -0.494 e. The van der Waals surface area contributed by atoms with E-state index in [4.69, 9.17) is 25.7 Å². The molecule has 5 N–H and O–H groups in total. The van der Waals surface area contributed by atoms with Crippen LogP contribution in [0.25, 0.3) is 6.08 Å². The van der Waals surface area contributed by atoms with Crippen molar-refractivity contribution in [2.45, 2.75) is 39.0 Å². The van der Waals surface area contributed by atoms with Gasteiger partial charge in [0.2, 0.25) is 0 Å². The molecule has 9 nitrogen and oxygen atoms in total. The number of carboxylic acids is 1. The molecule has 0 heterocycles. The van der Waals surface area contributed by atoms with Crippen LogP contribution in [0.3, 0.4) is 0 Å². The number of aromatic carboxylic acids is 1. The molecule has 3 rings (SSSR count). The molecule has 0 aliphatic rings. The van der Waals surface area contributed by atoms with E-state index in [1.807, 2.05) is 6.92 Å². The lowest BCUT2D eigenvalue weighted by Gasteiger charge is -2.11. The number of rotatable bonds is 13. The van der Waals surface area contributed by atoms with Crippen molar-refractivity contribution in [3.8, 4) is 17.2 Å². The Bertz CT molecular complexity index is 1320. The van der Waals surface area contributed by atoms with E-state index in [9.17, 15) is 19.5 Å². The Labute approximate surface area is 227 Å². The van der Waals surface area contributed by atoms with Gasteiger partial charge in [0.05, 0.1) is 12.2 Å². The van der Waals surface area contributed by atoms with Gasteiger partial charge in [0.15, 0.2) is 0 Å². The summed E-state index contributed by atoms with van der Waals surface area (Å²) in [7, 11) is 0. The van der Waals surface area contributed by atoms with E-state index in [1.54, 1.807) is 60.7 Å². The molecule has 0 atom stereocenters. The highest BCUT2D eigenvalue weighted by Crippen LogP contribution is 2.24. The summed E-state index contributed by atoms with van der Waals surface area (Å²) in [5.41, 5.74) is 13.7. The molecule has 0 radical (unpaired) electrons. The number of carbonyl (C=O) groups is 3. The van der Waals surface area contributed by atoms with Gasteiger partial charge in [-0.15, -0.1) is 0 Å². The fraction of sp³-hybridized carbons (Fsp3) is 0.233. The number of nitrogens with two attached hydrogens (primary N) is 2. The average Bonchev–Trinajstić information content (AvgIpc) is 2.91. The van der Waals surface area contributed by atoms with E-state index in [2.05, 4.69) is 0 Å². The van der Waals surface area contributed by atoms with Crippen LogP contribution >= 0.6 is 0 Å². The summed E-state index contributed by atoms with van der Waals surface area (Å²) >= 11 is 0. The van der Waals surface area contributed by atoms with E-state index in [0.717, 1.165) is 18.4 Å². The van der Waals surface area contributed by atoms with E-state index in [-0.39, 0.29) is 11.5 Å². The molecule has 0 amide bonds. The number of nitrogen functional groups attached to an aromatic ring is 2. The molecule has 3 aromatic carbocycles. The Kier molecular flexibility index (Phi) is 10.5. The molecule has 0 fully saturated rings. The Morgan fingerprint density at radius 1 is 0.872 bits per heavy atom. The first-order valence-electron chi connectivity index (χ1n) is 12.6. The SMILES string of the molecule is CCCCC(=O)Oc1ccc(OC(=O)/C=C/c2ccc(OCCCc3c(N)cc(N)cc3C(=O)O)cc2)cc1. The summed E-state index contributed by atoms with van der Waals surface area (Å²) in [4.78, 5) is 35.3. The zero-order chi connectivity index (χ0) is 28.2. The van der Waals surface area contributed by atoms with Crippen LogP contribution in [0.4, 0.5) is 11.4 Å². The summed E-state index contributed by atoms with van der Waals surface area (Å²) in [5.74, 6) is -0.555. The lowest BCUT2D eigenvalue weighted by molar-refractivity contribution is -0.134. The number of esters is 2. The number of ether oxygens (including phenoxy) is 3. The zero-order valence-electron chi connectivity index (χ0n) is 21.7. The third kappa shape index (κ3) is 9.23. The van der Waals surface area contributed by atoms with Gasteiger partial charge in [0.1, 0.15) is 17.2 Å². The predicted octanol–water partition coefficient (Wildman–Crippen LogP) is 5.28. The summed E-state index contributed by atoms with van der Waals surface area (Å²) in [6.45, 7) is 2.36. The third-order valence-electron chi connectivity index (χ3n) is 5.68. The maximum absolute atomic E-state index is 12.2. The first kappa shape index (κ1) is 28.8. The molecule has 0 aromatic heterocycles. The van der Waals surface area contributed by atoms with Crippen LogP contribution in [0, 0.1) is 0 Å². The number of hydrogen-bond donors (Lipinski definition) is 3. The second-order valence-corrected chi connectivity index (χ2v) is 8.77. The van der Waals surface area contributed by atoms with Gasteiger partial charge in [-0.3, -0.25) is 4.79 Å². The lowest BCUT2D eigenvalue weighted by Crippen LogP contribution is -2.09. The molecule has 0 saturated heterocycles. The van der Waals surface area contributed by atoms with Crippen LogP contribution in [0.15, 0.2) is 66.7 Å². The number of carboxylic acid groups (broad SMARTS) is 1. The van der Waals surface area contributed by atoms with Gasteiger partial charge in [0.25, 0.3) is 0 Å². The normalized spacial score (nSPS) is 10.8. The predicted molar refractivity (Wildman–Crippen MR) is 149 cm³/mol. The summed E-state index contributed by atoms with van der Waals surface area (Å²) in [5, 5.41) is 9.39. The van der Waals surface area contributed by atoms with E-state index >= 15 is 0 Å². The molecule has 0 unspecified atom stereocenters. The fourth-order valence-corrected chi connectivity index (χ4v) is 3.70. The number of unbranched alkanes of at least 4 members (excludes halogenated alkanes) is 1. The van der Waals surface area contributed by atoms with Crippen molar-refractivity contribution in [3.05, 3.63) is 83.4 Å². The second-order valence-electron chi connectivity index (χ2n) is 8.77. The molecule has 0 aliphatic carbocycles. The minimum absolute atomic E-state index is 0.0995.